The second kappa shape index (κ2) is 5.25. The topological polar surface area (TPSA) is 117 Å². The smallest absolute Gasteiger partial charge is 0.238 e. The molecule has 24 heavy (non-hydrogen) atoms. The van der Waals surface area contributed by atoms with Gasteiger partial charge >= 0.3 is 0 Å². The molecule has 0 aliphatic carbocycles. The molecule has 0 amide bonds. The third-order valence-electron chi connectivity index (χ3n) is 3.61. The summed E-state index contributed by atoms with van der Waals surface area (Å²) >= 11 is 0. The van der Waals surface area contributed by atoms with Crippen molar-refractivity contribution in [1.82, 2.24) is 19.9 Å². The molecule has 0 bridgehead atoms. The van der Waals surface area contributed by atoms with E-state index >= 15 is 0 Å². The Balaban J connectivity index is 1.85. The highest BCUT2D eigenvalue weighted by Crippen LogP contribution is 2.27. The fraction of sp³-hybridized carbons (Fsp3) is 0. The SMILES string of the molecule is NS(=O)(=O)c1ccc(-n2ccnc2-c2cccc3nonc23)cc1. The molecule has 9 heteroatoms. The molecule has 4 rings (SSSR count). The minimum atomic E-state index is -3.73. The summed E-state index contributed by atoms with van der Waals surface area (Å²) in [5, 5.41) is 12.9. The lowest BCUT2D eigenvalue weighted by Gasteiger charge is -2.08. The Morgan fingerprint density at radius 2 is 1.83 bits per heavy atom. The number of sulfonamides is 1. The van der Waals surface area contributed by atoms with Crippen molar-refractivity contribution in [2.45, 2.75) is 4.90 Å². The van der Waals surface area contributed by atoms with E-state index in [1.807, 2.05) is 16.7 Å². The molecule has 0 aliphatic rings. The normalized spacial score (nSPS) is 11.9. The second-order valence-electron chi connectivity index (χ2n) is 5.10. The Morgan fingerprint density at radius 1 is 1.04 bits per heavy atom. The van der Waals surface area contributed by atoms with Gasteiger partial charge in [0.15, 0.2) is 0 Å². The van der Waals surface area contributed by atoms with E-state index in [4.69, 9.17) is 9.77 Å². The van der Waals surface area contributed by atoms with Gasteiger partial charge in [-0.25, -0.2) is 23.2 Å². The highest BCUT2D eigenvalue weighted by atomic mass is 32.2. The zero-order valence-electron chi connectivity index (χ0n) is 12.2. The van der Waals surface area contributed by atoms with Crippen LogP contribution < -0.4 is 5.14 Å². The highest BCUT2D eigenvalue weighted by molar-refractivity contribution is 7.89. The lowest BCUT2D eigenvalue weighted by atomic mass is 10.1. The first-order valence-electron chi connectivity index (χ1n) is 6.92. The molecular formula is C15H11N5O3S. The molecular weight excluding hydrogens is 330 g/mol. The van der Waals surface area contributed by atoms with Crippen LogP contribution in [0.5, 0.6) is 0 Å². The molecule has 0 saturated heterocycles. The van der Waals surface area contributed by atoms with Crippen LogP contribution in [0.2, 0.25) is 0 Å². The van der Waals surface area contributed by atoms with Crippen molar-refractivity contribution >= 4 is 21.1 Å². The van der Waals surface area contributed by atoms with Crippen molar-refractivity contribution in [1.29, 1.82) is 0 Å². The van der Waals surface area contributed by atoms with Crippen LogP contribution in [-0.4, -0.2) is 28.3 Å². The van der Waals surface area contributed by atoms with E-state index in [2.05, 4.69) is 15.3 Å². The van der Waals surface area contributed by atoms with Crippen molar-refractivity contribution in [3.63, 3.8) is 0 Å². The van der Waals surface area contributed by atoms with Gasteiger partial charge in [0.25, 0.3) is 0 Å². The van der Waals surface area contributed by atoms with Crippen LogP contribution in [0.25, 0.3) is 28.1 Å². The van der Waals surface area contributed by atoms with Crippen molar-refractivity contribution in [3.8, 4) is 17.1 Å². The van der Waals surface area contributed by atoms with Gasteiger partial charge in [-0.2, -0.15) is 0 Å². The summed E-state index contributed by atoms with van der Waals surface area (Å²) in [6, 6.07) is 11.7. The summed E-state index contributed by atoms with van der Waals surface area (Å²) in [6.45, 7) is 0. The Morgan fingerprint density at radius 3 is 2.58 bits per heavy atom. The Bertz CT molecular complexity index is 1130. The lowest BCUT2D eigenvalue weighted by Crippen LogP contribution is -2.12. The summed E-state index contributed by atoms with van der Waals surface area (Å²) < 4.78 is 29.3. The number of rotatable bonds is 3. The van der Waals surface area contributed by atoms with Crippen molar-refractivity contribution in [3.05, 3.63) is 54.9 Å². The maximum atomic E-state index is 11.4. The first-order chi connectivity index (χ1) is 11.5. The van der Waals surface area contributed by atoms with Gasteiger partial charge < -0.3 is 0 Å². The van der Waals surface area contributed by atoms with Gasteiger partial charge in [-0.15, -0.1) is 0 Å². The summed E-state index contributed by atoms with van der Waals surface area (Å²) in [6.07, 6.45) is 3.42. The molecule has 2 aromatic carbocycles. The number of hydrogen-bond acceptors (Lipinski definition) is 6. The highest BCUT2D eigenvalue weighted by Gasteiger charge is 2.15. The Labute approximate surface area is 136 Å². The Kier molecular flexibility index (Phi) is 3.18. The van der Waals surface area contributed by atoms with Crippen LogP contribution in [0, 0.1) is 0 Å². The molecule has 0 unspecified atom stereocenters. The second-order valence-corrected chi connectivity index (χ2v) is 6.66. The third kappa shape index (κ3) is 2.36. The standard InChI is InChI=1S/C15H11N5O3S/c16-24(21,22)11-6-4-10(5-7-11)20-9-8-17-15(20)12-2-1-3-13-14(12)19-23-18-13/h1-9H,(H2,16,21,22). The number of imidazole rings is 1. The molecule has 0 radical (unpaired) electrons. The Hall–Kier alpha value is -3.04. The molecule has 2 aromatic heterocycles. The average molecular weight is 341 g/mol. The number of primary sulfonamides is 1. The van der Waals surface area contributed by atoms with E-state index in [1.165, 1.54) is 12.1 Å². The fourth-order valence-electron chi connectivity index (χ4n) is 2.49. The molecule has 0 saturated carbocycles. The molecule has 0 fully saturated rings. The number of hydrogen-bond donors (Lipinski definition) is 1. The largest absolute Gasteiger partial charge is 0.300 e. The fourth-order valence-corrected chi connectivity index (χ4v) is 3.01. The predicted octanol–water partition coefficient (Wildman–Crippen LogP) is 1.72. The molecule has 0 spiro atoms. The number of benzene rings is 2. The zero-order valence-corrected chi connectivity index (χ0v) is 13.0. The average Bonchev–Trinajstić information content (AvgIpc) is 3.23. The summed E-state index contributed by atoms with van der Waals surface area (Å²) in [4.78, 5) is 4.43. The van der Waals surface area contributed by atoms with Crippen LogP contribution in [0.15, 0.2) is 64.4 Å². The van der Waals surface area contributed by atoms with E-state index in [0.717, 1.165) is 11.3 Å². The maximum Gasteiger partial charge on any atom is 0.238 e. The molecule has 2 N–H and O–H groups in total. The molecule has 8 nitrogen and oxygen atoms in total. The molecule has 120 valence electrons. The van der Waals surface area contributed by atoms with Crippen LogP contribution in [0.1, 0.15) is 0 Å². The number of fused-ring (bicyclic) bond motifs is 1. The minimum Gasteiger partial charge on any atom is -0.300 e. The van der Waals surface area contributed by atoms with E-state index in [0.29, 0.717) is 16.9 Å². The number of aromatic nitrogens is 4. The van der Waals surface area contributed by atoms with Gasteiger partial charge in [-0.1, -0.05) is 6.07 Å². The monoisotopic (exact) mass is 341 g/mol. The summed E-state index contributed by atoms with van der Waals surface area (Å²) in [7, 11) is -3.73. The first-order valence-corrected chi connectivity index (χ1v) is 8.47. The van der Waals surface area contributed by atoms with Gasteiger partial charge in [0, 0.05) is 23.6 Å². The molecule has 0 atom stereocenters. The van der Waals surface area contributed by atoms with Gasteiger partial charge in [-0.05, 0) is 46.7 Å². The predicted molar refractivity (Wildman–Crippen MR) is 85.7 cm³/mol. The lowest BCUT2D eigenvalue weighted by molar-refractivity contribution is 0.315. The van der Waals surface area contributed by atoms with Gasteiger partial charge in [0.1, 0.15) is 16.9 Å². The van der Waals surface area contributed by atoms with Crippen LogP contribution in [0.3, 0.4) is 0 Å². The molecule has 2 heterocycles. The van der Waals surface area contributed by atoms with Crippen molar-refractivity contribution in [2.75, 3.05) is 0 Å². The van der Waals surface area contributed by atoms with Gasteiger partial charge in [-0.3, -0.25) is 4.57 Å². The van der Waals surface area contributed by atoms with Crippen molar-refractivity contribution in [2.24, 2.45) is 5.14 Å². The van der Waals surface area contributed by atoms with Gasteiger partial charge in [0.2, 0.25) is 10.0 Å². The zero-order chi connectivity index (χ0) is 16.7. The van der Waals surface area contributed by atoms with E-state index in [1.54, 1.807) is 30.6 Å². The minimum absolute atomic E-state index is 0.0516. The van der Waals surface area contributed by atoms with Crippen LogP contribution >= 0.6 is 0 Å². The van der Waals surface area contributed by atoms with Crippen molar-refractivity contribution < 1.29 is 13.0 Å². The molecule has 4 aromatic rings. The van der Waals surface area contributed by atoms with E-state index < -0.39 is 10.0 Å². The summed E-state index contributed by atoms with van der Waals surface area (Å²) in [5.74, 6) is 0.639. The van der Waals surface area contributed by atoms with E-state index in [9.17, 15) is 8.42 Å². The first kappa shape index (κ1) is 14.5. The third-order valence-corrected chi connectivity index (χ3v) is 4.54. The van der Waals surface area contributed by atoms with E-state index in [-0.39, 0.29) is 4.90 Å². The summed E-state index contributed by atoms with van der Waals surface area (Å²) in [5.41, 5.74) is 2.73. The maximum absolute atomic E-state index is 11.4. The van der Waals surface area contributed by atoms with Crippen LogP contribution in [0.4, 0.5) is 0 Å². The van der Waals surface area contributed by atoms with Gasteiger partial charge in [0.05, 0.1) is 4.90 Å². The number of nitrogens with two attached hydrogens (primary N) is 1. The molecule has 0 aliphatic heterocycles. The quantitative estimate of drug-likeness (QED) is 0.606. The number of nitrogens with zero attached hydrogens (tertiary/aromatic N) is 4. The van der Waals surface area contributed by atoms with Crippen LogP contribution in [-0.2, 0) is 10.0 Å².